The van der Waals surface area contributed by atoms with E-state index < -0.39 is 0 Å². The van der Waals surface area contributed by atoms with Gasteiger partial charge in [0.2, 0.25) is 5.89 Å². The number of hydrogen-bond acceptors (Lipinski definition) is 5. The normalized spacial score (nSPS) is 17.9. The zero-order valence-corrected chi connectivity index (χ0v) is 13.9. The van der Waals surface area contributed by atoms with E-state index in [0.717, 1.165) is 30.7 Å². The van der Waals surface area contributed by atoms with E-state index in [0.29, 0.717) is 16.8 Å². The number of H-pyrrole nitrogens is 1. The molecule has 1 saturated heterocycles. The molecule has 7 heteroatoms. The summed E-state index contributed by atoms with van der Waals surface area (Å²) in [5, 5.41) is 6.88. The third-order valence-corrected chi connectivity index (χ3v) is 5.07. The van der Waals surface area contributed by atoms with Gasteiger partial charge in [-0.05, 0) is 42.9 Å². The van der Waals surface area contributed by atoms with Crippen LogP contribution >= 0.6 is 24.0 Å². The number of amides is 1. The van der Waals surface area contributed by atoms with Gasteiger partial charge in [0.05, 0.1) is 5.37 Å². The van der Waals surface area contributed by atoms with Crippen molar-refractivity contribution in [3.05, 3.63) is 34.7 Å². The maximum atomic E-state index is 12.6. The fourth-order valence-corrected chi connectivity index (χ4v) is 4.00. The minimum absolute atomic E-state index is 0.0953. The van der Waals surface area contributed by atoms with E-state index in [1.807, 2.05) is 40.9 Å². The van der Waals surface area contributed by atoms with Crippen LogP contribution in [0.4, 0.5) is 0 Å². The Labute approximate surface area is 138 Å². The van der Waals surface area contributed by atoms with Crippen molar-refractivity contribution in [3.63, 3.8) is 0 Å². The molecular formula is C15H17N3O2S2. The number of aromatic nitrogens is 2. The Kier molecular flexibility index (Phi) is 4.63. The predicted octanol–water partition coefficient (Wildman–Crippen LogP) is 3.71. The van der Waals surface area contributed by atoms with Gasteiger partial charge in [-0.15, -0.1) is 16.9 Å². The van der Waals surface area contributed by atoms with Crippen LogP contribution in [-0.4, -0.2) is 38.7 Å². The number of carbonyl (C=O) groups excluding carboxylic acids is 1. The van der Waals surface area contributed by atoms with Crippen LogP contribution < -0.4 is 0 Å². The summed E-state index contributed by atoms with van der Waals surface area (Å²) in [5.41, 5.74) is 1.49. The third kappa shape index (κ3) is 3.10. The van der Waals surface area contributed by atoms with Crippen molar-refractivity contribution >= 4 is 29.9 Å². The van der Waals surface area contributed by atoms with Crippen LogP contribution in [0.3, 0.4) is 0 Å². The predicted molar refractivity (Wildman–Crippen MR) is 89.3 cm³/mol. The van der Waals surface area contributed by atoms with Crippen LogP contribution in [-0.2, 0) is 0 Å². The van der Waals surface area contributed by atoms with Crippen molar-refractivity contribution in [1.29, 1.82) is 0 Å². The summed E-state index contributed by atoms with van der Waals surface area (Å²) in [6.45, 7) is 2.97. The van der Waals surface area contributed by atoms with Crippen LogP contribution in [0.15, 0.2) is 28.7 Å². The molecule has 22 heavy (non-hydrogen) atoms. The summed E-state index contributed by atoms with van der Waals surface area (Å²) < 4.78 is 5.27. The Morgan fingerprint density at radius 2 is 2.27 bits per heavy atom. The topological polar surface area (TPSA) is 62.1 Å². The lowest BCUT2D eigenvalue weighted by Gasteiger charge is -2.23. The number of hydrogen-bond donors (Lipinski definition) is 1. The molecule has 1 amide bonds. The third-order valence-electron chi connectivity index (χ3n) is 3.60. The van der Waals surface area contributed by atoms with Crippen LogP contribution in [0.2, 0.25) is 0 Å². The second kappa shape index (κ2) is 6.66. The number of benzene rings is 1. The van der Waals surface area contributed by atoms with E-state index >= 15 is 0 Å². The van der Waals surface area contributed by atoms with Crippen LogP contribution in [0, 0.1) is 4.84 Å². The first-order chi connectivity index (χ1) is 10.7. The molecule has 0 spiro atoms. The molecule has 3 rings (SSSR count). The van der Waals surface area contributed by atoms with E-state index in [-0.39, 0.29) is 10.7 Å². The van der Waals surface area contributed by atoms with Gasteiger partial charge < -0.3 is 9.32 Å². The molecule has 0 aliphatic carbocycles. The summed E-state index contributed by atoms with van der Waals surface area (Å²) in [4.78, 5) is 14.9. The van der Waals surface area contributed by atoms with E-state index in [1.165, 1.54) is 0 Å². The largest absolute Gasteiger partial charge is 0.409 e. The Bertz CT molecular complexity index is 708. The maximum Gasteiger partial charge on any atom is 0.284 e. The van der Waals surface area contributed by atoms with E-state index in [9.17, 15) is 4.79 Å². The van der Waals surface area contributed by atoms with Gasteiger partial charge in [0.1, 0.15) is 0 Å². The zero-order chi connectivity index (χ0) is 15.5. The standard InChI is InChI=1S/C15H17N3O2S2/c1-2-3-12-18(8-9-22-12)14(19)11-6-4-10(5-7-11)13-16-17-15(21)20-13/h4-7,12H,2-3,8-9H2,1H3,(H,17,21). The van der Waals surface area contributed by atoms with E-state index in [4.69, 9.17) is 16.6 Å². The van der Waals surface area contributed by atoms with Crippen molar-refractivity contribution in [2.45, 2.75) is 25.1 Å². The van der Waals surface area contributed by atoms with E-state index in [2.05, 4.69) is 17.1 Å². The summed E-state index contributed by atoms with van der Waals surface area (Å²) in [6.07, 6.45) is 2.13. The highest BCUT2D eigenvalue weighted by Gasteiger charge is 2.29. The monoisotopic (exact) mass is 335 g/mol. The number of aromatic amines is 1. The van der Waals surface area contributed by atoms with Crippen molar-refractivity contribution < 1.29 is 9.21 Å². The van der Waals surface area contributed by atoms with Crippen LogP contribution in [0.5, 0.6) is 0 Å². The van der Waals surface area contributed by atoms with E-state index in [1.54, 1.807) is 0 Å². The fraction of sp³-hybridized carbons (Fsp3) is 0.400. The summed E-state index contributed by atoms with van der Waals surface area (Å²) in [7, 11) is 0. The molecule has 1 aliphatic rings. The van der Waals surface area contributed by atoms with Gasteiger partial charge in [0, 0.05) is 23.4 Å². The minimum atomic E-state index is 0.0953. The molecule has 0 saturated carbocycles. The second-order valence-electron chi connectivity index (χ2n) is 5.11. The molecule has 1 atom stereocenters. The molecule has 1 aromatic heterocycles. The lowest BCUT2D eigenvalue weighted by molar-refractivity contribution is 0.0756. The number of thioether (sulfide) groups is 1. The highest BCUT2D eigenvalue weighted by atomic mass is 32.2. The molecule has 2 aromatic rings. The van der Waals surface area contributed by atoms with Gasteiger partial charge in [-0.1, -0.05) is 13.3 Å². The molecular weight excluding hydrogens is 318 g/mol. The Morgan fingerprint density at radius 3 is 2.91 bits per heavy atom. The zero-order valence-electron chi connectivity index (χ0n) is 12.2. The molecule has 2 heterocycles. The Morgan fingerprint density at radius 1 is 1.50 bits per heavy atom. The smallest absolute Gasteiger partial charge is 0.284 e. The summed E-state index contributed by atoms with van der Waals surface area (Å²) >= 11 is 6.73. The van der Waals surface area contributed by atoms with Crippen molar-refractivity contribution in [2.24, 2.45) is 0 Å². The number of nitrogens with zero attached hydrogens (tertiary/aromatic N) is 2. The maximum absolute atomic E-state index is 12.6. The summed E-state index contributed by atoms with van der Waals surface area (Å²) in [6, 6.07) is 7.30. The molecule has 1 unspecified atom stereocenters. The van der Waals surface area contributed by atoms with Crippen LogP contribution in [0.25, 0.3) is 11.5 Å². The highest BCUT2D eigenvalue weighted by Crippen LogP contribution is 2.29. The quantitative estimate of drug-likeness (QED) is 0.863. The van der Waals surface area contributed by atoms with Crippen LogP contribution in [0.1, 0.15) is 30.1 Å². The van der Waals surface area contributed by atoms with Gasteiger partial charge >= 0.3 is 0 Å². The summed E-state index contributed by atoms with van der Waals surface area (Å²) in [5.74, 6) is 1.55. The molecule has 1 aliphatic heterocycles. The Balaban J connectivity index is 1.77. The first-order valence-corrected chi connectivity index (χ1v) is 8.73. The average molecular weight is 335 g/mol. The van der Waals surface area contributed by atoms with Gasteiger partial charge in [-0.3, -0.25) is 4.79 Å². The molecule has 1 aromatic carbocycles. The second-order valence-corrected chi connectivity index (χ2v) is 6.76. The lowest BCUT2D eigenvalue weighted by atomic mass is 10.1. The van der Waals surface area contributed by atoms with Crippen molar-refractivity contribution in [2.75, 3.05) is 12.3 Å². The first kappa shape index (κ1) is 15.3. The van der Waals surface area contributed by atoms with Gasteiger partial charge in [0.15, 0.2) is 0 Å². The van der Waals surface area contributed by atoms with Gasteiger partial charge in [0.25, 0.3) is 10.7 Å². The molecule has 116 valence electrons. The average Bonchev–Trinajstić information content (AvgIpc) is 3.16. The lowest BCUT2D eigenvalue weighted by Crippen LogP contribution is -2.34. The molecule has 5 nitrogen and oxygen atoms in total. The van der Waals surface area contributed by atoms with Gasteiger partial charge in [-0.2, -0.15) is 0 Å². The number of rotatable bonds is 4. The molecule has 0 bridgehead atoms. The number of carbonyl (C=O) groups is 1. The highest BCUT2D eigenvalue weighted by molar-refractivity contribution is 8.00. The van der Waals surface area contributed by atoms with Crippen molar-refractivity contribution in [1.82, 2.24) is 15.1 Å². The first-order valence-electron chi connectivity index (χ1n) is 7.27. The molecule has 1 fully saturated rings. The molecule has 0 radical (unpaired) electrons. The SMILES string of the molecule is CCCC1SCCN1C(=O)c1ccc(-c2n[nH]c(=S)o2)cc1. The minimum Gasteiger partial charge on any atom is -0.409 e. The Hall–Kier alpha value is -1.60. The van der Waals surface area contributed by atoms with Crippen molar-refractivity contribution in [3.8, 4) is 11.5 Å². The molecule has 1 N–H and O–H groups in total. The van der Waals surface area contributed by atoms with Gasteiger partial charge in [-0.25, -0.2) is 5.10 Å². The number of nitrogens with one attached hydrogen (secondary N) is 1. The fourth-order valence-electron chi connectivity index (χ4n) is 2.51.